The number of carbonyl (C=O) groups is 1. The van der Waals surface area contributed by atoms with Crippen molar-refractivity contribution in [1.82, 2.24) is 5.32 Å². The van der Waals surface area contributed by atoms with Crippen molar-refractivity contribution in [3.63, 3.8) is 0 Å². The molecule has 2 aromatic rings. The summed E-state index contributed by atoms with van der Waals surface area (Å²) in [5.74, 6) is 0.834. The van der Waals surface area contributed by atoms with E-state index in [1.165, 1.54) is 15.0 Å². The van der Waals surface area contributed by atoms with Gasteiger partial charge in [0.05, 0.1) is 6.04 Å². The molecule has 3 nitrogen and oxygen atoms in total. The van der Waals surface area contributed by atoms with Crippen LogP contribution in [0.1, 0.15) is 10.9 Å². The lowest BCUT2D eigenvalue weighted by Gasteiger charge is -2.27. The van der Waals surface area contributed by atoms with Crippen molar-refractivity contribution in [1.29, 1.82) is 0 Å². The molecule has 0 radical (unpaired) electrons. The summed E-state index contributed by atoms with van der Waals surface area (Å²) in [7, 11) is 0. The molecule has 3 rings (SSSR count). The number of benzene rings is 1. The van der Waals surface area contributed by atoms with Gasteiger partial charge in [-0.05, 0) is 17.5 Å². The van der Waals surface area contributed by atoms with Gasteiger partial charge in [0.1, 0.15) is 6.04 Å². The molecule has 1 aliphatic heterocycles. The Hall–Kier alpha value is -1.04. The van der Waals surface area contributed by atoms with Crippen molar-refractivity contribution in [3.8, 4) is 0 Å². The van der Waals surface area contributed by atoms with Crippen LogP contribution >= 0.6 is 23.1 Å². The highest BCUT2D eigenvalue weighted by Crippen LogP contribution is 2.33. The number of hydrogen-bond acceptors (Lipinski definition) is 4. The number of carboxylic acids is 1. The van der Waals surface area contributed by atoms with Gasteiger partial charge >= 0.3 is 5.97 Å². The van der Waals surface area contributed by atoms with Gasteiger partial charge < -0.3 is 5.11 Å². The van der Waals surface area contributed by atoms with Crippen LogP contribution in [0.2, 0.25) is 0 Å². The van der Waals surface area contributed by atoms with Gasteiger partial charge in [-0.1, -0.05) is 18.2 Å². The zero-order valence-electron chi connectivity index (χ0n) is 9.63. The van der Waals surface area contributed by atoms with Gasteiger partial charge in [0, 0.05) is 21.1 Å². The number of fused-ring (bicyclic) bond motifs is 1. The lowest BCUT2D eigenvalue weighted by molar-refractivity contribution is -0.139. The summed E-state index contributed by atoms with van der Waals surface area (Å²) in [5, 5.41) is 13.5. The van der Waals surface area contributed by atoms with E-state index < -0.39 is 12.0 Å². The lowest BCUT2D eigenvalue weighted by atomic mass is 10.2. The Kier molecular flexibility index (Phi) is 3.28. The van der Waals surface area contributed by atoms with Crippen molar-refractivity contribution in [2.45, 2.75) is 12.1 Å². The van der Waals surface area contributed by atoms with E-state index in [1.807, 2.05) is 12.1 Å². The second kappa shape index (κ2) is 4.91. The van der Waals surface area contributed by atoms with Crippen LogP contribution in [0.5, 0.6) is 0 Å². The third-order valence-electron chi connectivity index (χ3n) is 3.06. The van der Waals surface area contributed by atoms with Crippen LogP contribution in [0.25, 0.3) is 10.1 Å². The average molecular weight is 279 g/mol. The zero-order valence-corrected chi connectivity index (χ0v) is 11.3. The van der Waals surface area contributed by atoms with Gasteiger partial charge in [0.2, 0.25) is 0 Å². The third-order valence-corrected chi connectivity index (χ3v) is 5.43. The van der Waals surface area contributed by atoms with Gasteiger partial charge in [0.15, 0.2) is 0 Å². The summed E-state index contributed by atoms with van der Waals surface area (Å²) in [4.78, 5) is 12.3. The summed E-state index contributed by atoms with van der Waals surface area (Å²) in [6.07, 6.45) is 0. The molecule has 0 saturated carbocycles. The highest BCUT2D eigenvalue weighted by molar-refractivity contribution is 7.99. The molecule has 1 aromatic heterocycles. The molecule has 0 bridgehead atoms. The van der Waals surface area contributed by atoms with E-state index in [4.69, 9.17) is 5.11 Å². The fourth-order valence-electron chi connectivity index (χ4n) is 2.12. The molecule has 2 atom stereocenters. The molecule has 1 saturated heterocycles. The third kappa shape index (κ3) is 2.25. The SMILES string of the molecule is O=C(O)C1CSCC(c2cc3ccccc3s2)N1. The molecule has 0 amide bonds. The molecule has 94 valence electrons. The molecular formula is C13H13NO2S2. The Balaban J connectivity index is 1.87. The minimum absolute atomic E-state index is 0.155. The van der Waals surface area contributed by atoms with E-state index >= 15 is 0 Å². The van der Waals surface area contributed by atoms with Gasteiger partial charge in [-0.25, -0.2) is 0 Å². The van der Waals surface area contributed by atoms with Gasteiger partial charge in [-0.2, -0.15) is 11.8 Å². The van der Waals surface area contributed by atoms with Crippen LogP contribution in [0.4, 0.5) is 0 Å². The Morgan fingerprint density at radius 1 is 1.33 bits per heavy atom. The van der Waals surface area contributed by atoms with Crippen LogP contribution in [-0.2, 0) is 4.79 Å². The van der Waals surface area contributed by atoms with Gasteiger partial charge in [-0.15, -0.1) is 11.3 Å². The summed E-state index contributed by atoms with van der Waals surface area (Å²) in [5.41, 5.74) is 0. The molecule has 1 aliphatic rings. The molecule has 5 heteroatoms. The van der Waals surface area contributed by atoms with Gasteiger partial charge in [0.25, 0.3) is 0 Å². The standard InChI is InChI=1S/C13H13NO2S2/c15-13(16)10-7-17-6-9(14-10)12-5-8-3-1-2-4-11(8)18-12/h1-5,9-10,14H,6-7H2,(H,15,16). The number of hydrogen-bond donors (Lipinski definition) is 2. The predicted molar refractivity (Wildman–Crippen MR) is 76.5 cm³/mol. The Bertz CT molecular complexity index is 548. The number of thioether (sulfide) groups is 1. The smallest absolute Gasteiger partial charge is 0.321 e. The van der Waals surface area contributed by atoms with Gasteiger partial charge in [-0.3, -0.25) is 10.1 Å². The maximum atomic E-state index is 11.0. The van der Waals surface area contributed by atoms with E-state index in [-0.39, 0.29) is 6.04 Å². The molecule has 2 heterocycles. The van der Waals surface area contributed by atoms with Crippen LogP contribution in [0, 0.1) is 0 Å². The molecule has 2 unspecified atom stereocenters. The van der Waals surface area contributed by atoms with Crippen molar-refractivity contribution in [2.75, 3.05) is 11.5 Å². The average Bonchev–Trinajstić information content (AvgIpc) is 2.82. The molecule has 18 heavy (non-hydrogen) atoms. The highest BCUT2D eigenvalue weighted by atomic mass is 32.2. The van der Waals surface area contributed by atoms with Crippen LogP contribution < -0.4 is 5.32 Å². The second-order valence-electron chi connectivity index (χ2n) is 4.33. The molecule has 1 aromatic carbocycles. The molecule has 1 fully saturated rings. The molecule has 0 spiro atoms. The molecule has 2 N–H and O–H groups in total. The van der Waals surface area contributed by atoms with Crippen LogP contribution in [0.15, 0.2) is 30.3 Å². The summed E-state index contributed by atoms with van der Waals surface area (Å²) >= 11 is 3.46. The fraction of sp³-hybridized carbons (Fsp3) is 0.308. The summed E-state index contributed by atoms with van der Waals surface area (Å²) in [6.45, 7) is 0. The van der Waals surface area contributed by atoms with E-state index in [0.29, 0.717) is 5.75 Å². The normalized spacial score (nSPS) is 24.2. The predicted octanol–water partition coefficient (Wildman–Crippen LogP) is 2.73. The van der Waals surface area contributed by atoms with Crippen molar-refractivity contribution < 1.29 is 9.90 Å². The quantitative estimate of drug-likeness (QED) is 0.887. The van der Waals surface area contributed by atoms with Crippen molar-refractivity contribution in [2.24, 2.45) is 0 Å². The fourth-order valence-corrected chi connectivity index (χ4v) is 4.48. The second-order valence-corrected chi connectivity index (χ2v) is 6.52. The van der Waals surface area contributed by atoms with Crippen LogP contribution in [0.3, 0.4) is 0 Å². The Labute approximate surface area is 113 Å². The Morgan fingerprint density at radius 2 is 2.17 bits per heavy atom. The van der Waals surface area contributed by atoms with Crippen molar-refractivity contribution in [3.05, 3.63) is 35.2 Å². The minimum Gasteiger partial charge on any atom is -0.480 e. The first kappa shape index (κ1) is 12.0. The molecular weight excluding hydrogens is 266 g/mol. The lowest BCUT2D eigenvalue weighted by Crippen LogP contribution is -2.45. The van der Waals surface area contributed by atoms with E-state index in [1.54, 1.807) is 23.1 Å². The number of nitrogens with one attached hydrogen (secondary N) is 1. The summed E-state index contributed by atoms with van der Waals surface area (Å²) in [6, 6.07) is 10.2. The van der Waals surface area contributed by atoms with E-state index in [9.17, 15) is 4.79 Å². The Morgan fingerprint density at radius 3 is 2.94 bits per heavy atom. The minimum atomic E-state index is -0.756. The maximum Gasteiger partial charge on any atom is 0.321 e. The van der Waals surface area contributed by atoms with E-state index in [0.717, 1.165) is 5.75 Å². The topological polar surface area (TPSA) is 49.3 Å². The number of rotatable bonds is 2. The molecule has 0 aliphatic carbocycles. The van der Waals surface area contributed by atoms with E-state index in [2.05, 4.69) is 23.5 Å². The largest absolute Gasteiger partial charge is 0.480 e. The number of thiophene rings is 1. The van der Waals surface area contributed by atoms with Crippen LogP contribution in [-0.4, -0.2) is 28.6 Å². The number of aliphatic carboxylic acids is 1. The first-order chi connectivity index (χ1) is 8.74. The highest BCUT2D eigenvalue weighted by Gasteiger charge is 2.28. The first-order valence-electron chi connectivity index (χ1n) is 5.79. The monoisotopic (exact) mass is 279 g/mol. The van der Waals surface area contributed by atoms with Crippen molar-refractivity contribution >= 4 is 39.2 Å². The summed E-state index contributed by atoms with van der Waals surface area (Å²) < 4.78 is 1.26. The zero-order chi connectivity index (χ0) is 12.5. The first-order valence-corrected chi connectivity index (χ1v) is 7.76. The maximum absolute atomic E-state index is 11.0. The number of carboxylic acid groups (broad SMARTS) is 1.